The minimum Gasteiger partial charge on any atom is -0.412 e. The van der Waals surface area contributed by atoms with E-state index in [4.69, 9.17) is 16.0 Å². The molecule has 1 rings (SSSR count). The Labute approximate surface area is 178 Å². The Balaban J connectivity index is 2.96. The molecule has 0 spiro atoms. The Morgan fingerprint density at radius 1 is 1.11 bits per heavy atom. The fourth-order valence-electron chi connectivity index (χ4n) is 2.65. The summed E-state index contributed by atoms with van der Waals surface area (Å²) in [4.78, 5) is 12.4. The van der Waals surface area contributed by atoms with Crippen LogP contribution in [-0.2, 0) is 15.6 Å². The van der Waals surface area contributed by atoms with Crippen LogP contribution in [0, 0.1) is 5.41 Å². The third-order valence-corrected chi connectivity index (χ3v) is 10.8. The molecule has 0 saturated carbocycles. The number of aliphatic hydroxyl groups excluding tert-OH is 1. The molecule has 160 valence electrons. The van der Waals surface area contributed by atoms with E-state index < -0.39 is 25.2 Å². The summed E-state index contributed by atoms with van der Waals surface area (Å²) in [5.74, 6) is 0.0137. The van der Waals surface area contributed by atoms with Crippen LogP contribution in [0.4, 0.5) is 0 Å². The van der Waals surface area contributed by atoms with Gasteiger partial charge >= 0.3 is 0 Å². The van der Waals surface area contributed by atoms with Gasteiger partial charge in [0.1, 0.15) is 5.78 Å². The Bertz CT molecular complexity index is 617. The van der Waals surface area contributed by atoms with E-state index in [2.05, 4.69) is 46.0 Å². The largest absolute Gasteiger partial charge is 0.412 e. The molecule has 28 heavy (non-hydrogen) atoms. The zero-order valence-electron chi connectivity index (χ0n) is 18.9. The molecule has 1 N–H and O–H groups in total. The van der Waals surface area contributed by atoms with Gasteiger partial charge in [0.25, 0.3) is 0 Å². The topological polar surface area (TPSA) is 46.5 Å². The van der Waals surface area contributed by atoms with E-state index in [0.29, 0.717) is 6.42 Å². The number of benzene rings is 1. The average molecular weight is 427 g/mol. The molecule has 0 aliphatic rings. The zero-order valence-corrected chi connectivity index (χ0v) is 20.6. The predicted octanol–water partition coefficient (Wildman–Crippen LogP) is 5.98. The SMILES string of the molecule is CC(C)(C)C(=O)C[C@H](O)[C@@H](Cl)[C@H](CCc1ccccc1)O[Si](C)(C)C(C)(C)C. The van der Waals surface area contributed by atoms with Crippen molar-refractivity contribution in [3.63, 3.8) is 0 Å². The Hall–Kier alpha value is -0.683. The molecule has 0 aliphatic carbocycles. The molecule has 3 nitrogen and oxygen atoms in total. The Morgan fingerprint density at radius 3 is 2.11 bits per heavy atom. The van der Waals surface area contributed by atoms with E-state index in [1.54, 1.807) is 0 Å². The molecule has 0 fully saturated rings. The molecule has 0 radical (unpaired) electrons. The van der Waals surface area contributed by atoms with Gasteiger partial charge in [-0.3, -0.25) is 4.79 Å². The number of carbonyl (C=O) groups excluding carboxylic acids is 1. The number of Topliss-reactive ketones (excluding diaryl/α,β-unsaturated/α-hetero) is 1. The molecule has 3 atom stereocenters. The molecule has 0 aromatic heterocycles. The van der Waals surface area contributed by atoms with E-state index in [1.807, 2.05) is 39.0 Å². The molecule has 0 saturated heterocycles. The molecule has 0 bridgehead atoms. The maximum atomic E-state index is 12.4. The van der Waals surface area contributed by atoms with Crippen molar-refractivity contribution in [3.05, 3.63) is 35.9 Å². The molecule has 0 amide bonds. The lowest BCUT2D eigenvalue weighted by molar-refractivity contribution is -0.128. The lowest BCUT2D eigenvalue weighted by atomic mass is 9.86. The summed E-state index contributed by atoms with van der Waals surface area (Å²) in [6.45, 7) is 16.6. The fourth-order valence-corrected chi connectivity index (χ4v) is 4.38. The van der Waals surface area contributed by atoms with E-state index in [9.17, 15) is 9.90 Å². The van der Waals surface area contributed by atoms with E-state index in [1.165, 1.54) is 5.56 Å². The molecule has 0 aliphatic heterocycles. The van der Waals surface area contributed by atoms with Crippen LogP contribution >= 0.6 is 11.6 Å². The zero-order chi connectivity index (χ0) is 21.8. The molecule has 5 heteroatoms. The monoisotopic (exact) mass is 426 g/mol. The number of rotatable bonds is 9. The fraction of sp³-hybridized carbons (Fsp3) is 0.696. The number of hydrogen-bond donors (Lipinski definition) is 1. The number of alkyl halides is 1. The summed E-state index contributed by atoms with van der Waals surface area (Å²) in [6.07, 6.45) is 0.374. The highest BCUT2D eigenvalue weighted by atomic mass is 35.5. The van der Waals surface area contributed by atoms with Gasteiger partial charge in [0.05, 0.1) is 17.6 Å². The number of hydrogen-bond acceptors (Lipinski definition) is 3. The average Bonchev–Trinajstić information content (AvgIpc) is 2.56. The maximum absolute atomic E-state index is 12.4. The first-order valence-electron chi connectivity index (χ1n) is 10.2. The third-order valence-electron chi connectivity index (χ3n) is 5.77. The second kappa shape index (κ2) is 9.88. The lowest BCUT2D eigenvalue weighted by Crippen LogP contribution is -2.48. The molecule has 1 aromatic rings. The van der Waals surface area contributed by atoms with Crippen molar-refractivity contribution < 1.29 is 14.3 Å². The number of aryl methyl sites for hydroxylation is 1. The van der Waals surface area contributed by atoms with Gasteiger partial charge in [-0.25, -0.2) is 0 Å². The van der Waals surface area contributed by atoms with Crippen molar-refractivity contribution in [1.82, 2.24) is 0 Å². The molecular formula is C23H39ClO3Si. The van der Waals surface area contributed by atoms with Crippen molar-refractivity contribution in [1.29, 1.82) is 0 Å². The maximum Gasteiger partial charge on any atom is 0.192 e. The van der Waals surface area contributed by atoms with Crippen LogP contribution in [-0.4, -0.2) is 36.8 Å². The van der Waals surface area contributed by atoms with Gasteiger partial charge in [-0.2, -0.15) is 0 Å². The second-order valence-corrected chi connectivity index (χ2v) is 15.6. The smallest absolute Gasteiger partial charge is 0.192 e. The van der Waals surface area contributed by atoms with Gasteiger partial charge in [0, 0.05) is 11.8 Å². The van der Waals surface area contributed by atoms with Crippen LogP contribution in [0.25, 0.3) is 0 Å². The number of halogens is 1. The van der Waals surface area contributed by atoms with Crippen LogP contribution in [0.15, 0.2) is 30.3 Å². The van der Waals surface area contributed by atoms with Crippen LogP contribution in [0.5, 0.6) is 0 Å². The third kappa shape index (κ3) is 7.62. The molecule has 1 aromatic carbocycles. The standard InChI is InChI=1S/C23H39ClO3Si/c1-22(2,3)20(26)16-18(25)21(24)19(27-28(7,8)23(4,5)6)15-14-17-12-10-9-11-13-17/h9-13,18-19,21,25H,14-16H2,1-8H3/t18-,19-,21+/m0/s1. The van der Waals surface area contributed by atoms with Crippen molar-refractivity contribution in [2.75, 3.05) is 0 Å². The predicted molar refractivity (Wildman–Crippen MR) is 122 cm³/mol. The Morgan fingerprint density at radius 2 is 1.64 bits per heavy atom. The van der Waals surface area contributed by atoms with Crippen molar-refractivity contribution >= 4 is 25.7 Å². The lowest BCUT2D eigenvalue weighted by Gasteiger charge is -2.41. The second-order valence-electron chi connectivity index (χ2n) is 10.3. The van der Waals surface area contributed by atoms with Gasteiger partial charge < -0.3 is 9.53 Å². The summed E-state index contributed by atoms with van der Waals surface area (Å²) in [5.41, 5.74) is 0.729. The summed E-state index contributed by atoms with van der Waals surface area (Å²) >= 11 is 6.71. The van der Waals surface area contributed by atoms with Gasteiger partial charge in [-0.05, 0) is 36.5 Å². The van der Waals surface area contributed by atoms with Crippen LogP contribution in [0.3, 0.4) is 0 Å². The van der Waals surface area contributed by atoms with Gasteiger partial charge in [-0.1, -0.05) is 71.9 Å². The van der Waals surface area contributed by atoms with E-state index in [0.717, 1.165) is 6.42 Å². The first kappa shape index (κ1) is 25.4. The number of aliphatic hydroxyl groups is 1. The van der Waals surface area contributed by atoms with Crippen molar-refractivity contribution in [2.24, 2.45) is 5.41 Å². The number of ketones is 1. The summed E-state index contributed by atoms with van der Waals surface area (Å²) in [5, 5.41) is 10.1. The summed E-state index contributed by atoms with van der Waals surface area (Å²) in [7, 11) is -2.07. The van der Waals surface area contributed by atoms with Crippen LogP contribution in [0.1, 0.15) is 59.9 Å². The van der Waals surface area contributed by atoms with Crippen LogP contribution in [0.2, 0.25) is 18.1 Å². The molecular weight excluding hydrogens is 388 g/mol. The summed E-state index contributed by atoms with van der Waals surface area (Å²) < 4.78 is 6.61. The highest BCUT2D eigenvalue weighted by molar-refractivity contribution is 6.74. The van der Waals surface area contributed by atoms with Gasteiger partial charge in [-0.15, -0.1) is 11.6 Å². The minimum absolute atomic E-state index is 0.0137. The highest BCUT2D eigenvalue weighted by Gasteiger charge is 2.42. The summed E-state index contributed by atoms with van der Waals surface area (Å²) in [6, 6.07) is 10.2. The first-order valence-corrected chi connectivity index (χ1v) is 13.6. The van der Waals surface area contributed by atoms with Gasteiger partial charge in [0.2, 0.25) is 0 Å². The minimum atomic E-state index is -2.07. The van der Waals surface area contributed by atoms with Gasteiger partial charge in [0.15, 0.2) is 8.32 Å². The van der Waals surface area contributed by atoms with Crippen LogP contribution < -0.4 is 0 Å². The number of carbonyl (C=O) groups is 1. The van der Waals surface area contributed by atoms with Crippen molar-refractivity contribution in [2.45, 2.75) is 96.5 Å². The van der Waals surface area contributed by atoms with Crippen molar-refractivity contribution in [3.8, 4) is 0 Å². The Kier molecular flexibility index (Phi) is 8.95. The normalized spacial score (nSPS) is 16.5. The van der Waals surface area contributed by atoms with E-state index >= 15 is 0 Å². The molecule has 0 heterocycles. The van der Waals surface area contributed by atoms with E-state index in [-0.39, 0.29) is 23.3 Å². The quantitative estimate of drug-likeness (QED) is 0.390. The highest BCUT2D eigenvalue weighted by Crippen LogP contribution is 2.39. The molecule has 0 unspecified atom stereocenters. The first-order chi connectivity index (χ1) is 12.6.